The van der Waals surface area contributed by atoms with E-state index in [2.05, 4.69) is 0 Å². The van der Waals surface area contributed by atoms with Crippen LogP contribution in [-0.4, -0.2) is 71.7 Å². The Morgan fingerprint density at radius 1 is 0.643 bits per heavy atom. The Bertz CT molecular complexity index is 222. The summed E-state index contributed by atoms with van der Waals surface area (Å²) < 4.78 is 77.6. The Balaban J connectivity index is -0.0000000135. The molecule has 0 aromatic carbocycles. The zero-order valence-corrected chi connectivity index (χ0v) is 22.8. The molecule has 0 aliphatic heterocycles. The van der Waals surface area contributed by atoms with Gasteiger partial charge in [0, 0.05) is 0 Å². The minimum absolute atomic E-state index is 0. The molecule has 0 aliphatic carbocycles. The predicted molar refractivity (Wildman–Crippen MR) is 17.9 cm³/mol. The summed E-state index contributed by atoms with van der Waals surface area (Å²) in [5.74, 6) is 0. The van der Waals surface area contributed by atoms with Crippen molar-refractivity contribution < 1.29 is 89.6 Å². The van der Waals surface area contributed by atoms with E-state index < -0.39 is 56.4 Å². The summed E-state index contributed by atoms with van der Waals surface area (Å²) in [4.78, 5) is 0. The van der Waals surface area contributed by atoms with Crippen LogP contribution < -0.4 is 10.8 Å². The van der Waals surface area contributed by atoms with Crippen molar-refractivity contribution in [1.82, 2.24) is 0 Å². The third-order valence-electron chi connectivity index (χ3n) is 0. The molecule has 0 rings (SSSR count). The van der Waals surface area contributed by atoms with E-state index in [9.17, 15) is 0 Å². The fourth-order valence-corrected chi connectivity index (χ4v) is 0. The monoisotopic (exact) mass is 986 g/mol. The third-order valence-corrected chi connectivity index (χ3v) is 0. The summed E-state index contributed by atoms with van der Waals surface area (Å²) in [6, 6.07) is 0. The molecule has 0 unspecified atom stereocenters. The van der Waals surface area contributed by atoms with Crippen LogP contribution in [0.3, 0.4) is 0 Å². The average molecular weight is 985 g/mol. The van der Waals surface area contributed by atoms with E-state index in [-0.39, 0.29) is 74.5 Å². The van der Waals surface area contributed by atoms with Crippen LogP contribution in [0.15, 0.2) is 0 Å². The molecule has 0 aromatic rings. The fraction of sp³-hybridized carbons (Fsp3) is 0. The molecule has 0 amide bonds. The van der Waals surface area contributed by atoms with Crippen molar-refractivity contribution in [3.8, 4) is 0 Å². The second kappa shape index (κ2) is 25.2. The van der Waals surface area contributed by atoms with Gasteiger partial charge in [-0.3, -0.25) is 0 Å². The molecule has 0 bridgehead atoms. The van der Waals surface area contributed by atoms with E-state index in [1.54, 1.807) is 0 Å². The molecule has 14 heavy (non-hydrogen) atoms. The van der Waals surface area contributed by atoms with E-state index in [1.807, 2.05) is 0 Å². The van der Waals surface area contributed by atoms with E-state index in [4.69, 9.17) is 30.3 Å². The number of hydrogen-bond acceptors (Lipinski definition) is 9. The standard InChI is InChI=1S/Bi.9O.Sr.3Ta.2H/q+3;;;;;;;3*-1;+2;;;;2*-1. The molecule has 2 radical (unpaired) electrons. The number of hydrogen-bond donors (Lipinski definition) is 0. The summed E-state index contributed by atoms with van der Waals surface area (Å²) in [6.07, 6.45) is 0. The smallest absolute Gasteiger partial charge is 2.00 e. The summed E-state index contributed by atoms with van der Waals surface area (Å²) in [6.45, 7) is 0. The molecule has 0 heterocycles. The van der Waals surface area contributed by atoms with Gasteiger partial charge in [0.05, 0.1) is 0 Å². The van der Waals surface area contributed by atoms with E-state index in [0.29, 0.717) is 0 Å². The molecule has 14 heteroatoms. The summed E-state index contributed by atoms with van der Waals surface area (Å²) in [7, 11) is 0. The van der Waals surface area contributed by atoms with Crippen molar-refractivity contribution in [3.63, 3.8) is 0 Å². The van der Waals surface area contributed by atoms with Crippen LogP contribution in [0.5, 0.6) is 0 Å². The van der Waals surface area contributed by atoms with Gasteiger partial charge in [-0.05, 0) is 0 Å². The van der Waals surface area contributed by atoms with Gasteiger partial charge in [0.25, 0.3) is 0 Å². The molecule has 0 aliphatic rings. The molecular formula is H2BiO9SrTa3. The van der Waals surface area contributed by atoms with Crippen molar-refractivity contribution in [2.24, 2.45) is 0 Å². The maximum Gasteiger partial charge on any atom is 2.00 e. The van der Waals surface area contributed by atoms with Crippen LogP contribution in [-0.2, 0) is 75.9 Å². The minimum Gasteiger partial charge on any atom is 2.00 e. The topological polar surface area (TPSA) is 172 Å². The summed E-state index contributed by atoms with van der Waals surface area (Å²) in [5, 5.41) is 0. The molecule has 0 spiro atoms. The molecule has 0 saturated heterocycles. The van der Waals surface area contributed by atoms with Crippen LogP contribution in [0.4, 0.5) is 0 Å². The minimum atomic E-state index is -4.34. The largest absolute Gasteiger partial charge is 2.00 e. The van der Waals surface area contributed by atoms with Crippen molar-refractivity contribution in [3.05, 3.63) is 0 Å². The first-order valence-corrected chi connectivity index (χ1v) is 13.4. The SMILES string of the molecule is [Bi+3].[H-].[H-].[O]=[Ta](=[O])[O-].[O]=[Ta](=[O])[O-].[O]=[Ta](=[O])[O-].[Sr+2]. The zero-order valence-electron chi connectivity index (χ0n) is 8.17. The van der Waals surface area contributed by atoms with Crippen molar-refractivity contribution in [2.75, 3.05) is 0 Å². The maximum absolute atomic E-state index is 8.62. The van der Waals surface area contributed by atoms with Crippen LogP contribution in [0.25, 0.3) is 0 Å². The molecule has 0 fully saturated rings. The second-order valence-electron chi connectivity index (χ2n) is 0.671. The van der Waals surface area contributed by atoms with Gasteiger partial charge in [-0.25, -0.2) is 0 Å². The second-order valence-corrected chi connectivity index (χ2v) is 5.49. The fourth-order valence-electron chi connectivity index (χ4n) is 0. The zero-order chi connectivity index (χ0) is 10.7. The average Bonchev–Trinajstić information content (AvgIpc) is 1.54. The van der Waals surface area contributed by atoms with Gasteiger partial charge >= 0.3 is 158 Å². The summed E-state index contributed by atoms with van der Waals surface area (Å²) >= 11 is -13.0. The van der Waals surface area contributed by atoms with Gasteiger partial charge in [-0.15, -0.1) is 0 Å². The van der Waals surface area contributed by atoms with Crippen LogP contribution >= 0.6 is 0 Å². The van der Waals surface area contributed by atoms with Gasteiger partial charge in [-0.2, -0.15) is 0 Å². The Morgan fingerprint density at radius 2 is 0.643 bits per heavy atom. The van der Waals surface area contributed by atoms with Gasteiger partial charge in [0.1, 0.15) is 0 Å². The first-order chi connectivity index (χ1) is 5.20. The molecular weight excluding hydrogens is 983 g/mol. The molecule has 0 saturated carbocycles. The van der Waals surface area contributed by atoms with Gasteiger partial charge in [0.15, 0.2) is 0 Å². The maximum atomic E-state index is 8.62. The molecule has 78 valence electrons. The van der Waals surface area contributed by atoms with Crippen molar-refractivity contribution in [1.29, 1.82) is 0 Å². The van der Waals surface area contributed by atoms with Crippen LogP contribution in [0, 0.1) is 0 Å². The molecule has 0 aromatic heterocycles. The number of rotatable bonds is 0. The first kappa shape index (κ1) is 30.4. The van der Waals surface area contributed by atoms with Gasteiger partial charge in [-0.1, -0.05) is 0 Å². The normalized spacial score (nSPS) is 5.36. The van der Waals surface area contributed by atoms with E-state index >= 15 is 0 Å². The van der Waals surface area contributed by atoms with Gasteiger partial charge in [0.2, 0.25) is 0 Å². The summed E-state index contributed by atoms with van der Waals surface area (Å²) in [5.41, 5.74) is 0. The Morgan fingerprint density at radius 3 is 0.643 bits per heavy atom. The van der Waals surface area contributed by atoms with E-state index in [0.717, 1.165) is 0 Å². The predicted octanol–water partition coefficient (Wildman–Crippen LogP) is -4.82. The Labute approximate surface area is 157 Å². The molecule has 0 atom stereocenters. The third kappa shape index (κ3) is 291. The molecule has 9 nitrogen and oxygen atoms in total. The van der Waals surface area contributed by atoms with E-state index in [1.165, 1.54) is 0 Å². The molecule has 0 N–H and O–H groups in total. The van der Waals surface area contributed by atoms with Gasteiger partial charge < -0.3 is 2.85 Å². The van der Waals surface area contributed by atoms with Crippen molar-refractivity contribution >= 4 is 71.7 Å². The van der Waals surface area contributed by atoms with Crippen LogP contribution in [0.2, 0.25) is 0 Å². The van der Waals surface area contributed by atoms with Crippen LogP contribution in [0.1, 0.15) is 2.85 Å². The quantitative estimate of drug-likeness (QED) is 0.216. The Hall–Kier alpha value is 3.26. The Kier molecular flexibility index (Phi) is 54.6. The van der Waals surface area contributed by atoms with Crippen molar-refractivity contribution in [2.45, 2.75) is 0 Å². The first-order valence-electron chi connectivity index (χ1n) is 1.64.